The summed E-state index contributed by atoms with van der Waals surface area (Å²) >= 11 is 0. The summed E-state index contributed by atoms with van der Waals surface area (Å²) in [7, 11) is 0. The Kier molecular flexibility index (Phi) is 3.20. The van der Waals surface area contributed by atoms with Crippen molar-refractivity contribution >= 4 is 16.9 Å². The quantitative estimate of drug-likeness (QED) is 0.783. The van der Waals surface area contributed by atoms with Gasteiger partial charge in [-0.25, -0.2) is 9.78 Å². The Morgan fingerprint density at radius 3 is 2.85 bits per heavy atom. The number of hydrogen-bond donors (Lipinski definition) is 1. The lowest BCUT2D eigenvalue weighted by Crippen LogP contribution is -2.16. The highest BCUT2D eigenvalue weighted by Crippen LogP contribution is 2.13. The molecule has 6 heteroatoms. The molecule has 6 nitrogen and oxygen atoms in total. The van der Waals surface area contributed by atoms with E-state index in [0.29, 0.717) is 17.8 Å². The van der Waals surface area contributed by atoms with Crippen molar-refractivity contribution in [1.82, 2.24) is 14.5 Å². The summed E-state index contributed by atoms with van der Waals surface area (Å²) in [6.07, 6.45) is 3.32. The lowest BCUT2D eigenvalue weighted by molar-refractivity contribution is 0.516. The molecule has 20 heavy (non-hydrogen) atoms. The molecule has 102 valence electrons. The van der Waals surface area contributed by atoms with Gasteiger partial charge in [0.25, 0.3) is 0 Å². The molecule has 0 aliphatic rings. The molecule has 0 amide bonds. The zero-order valence-electron chi connectivity index (χ0n) is 11.0. The molecule has 0 fully saturated rings. The van der Waals surface area contributed by atoms with E-state index in [1.165, 1.54) is 0 Å². The molecule has 1 aromatic carbocycles. The van der Waals surface area contributed by atoms with Gasteiger partial charge in [0.05, 0.1) is 30.1 Å². The molecule has 2 aromatic heterocycles. The second-order valence-electron chi connectivity index (χ2n) is 4.35. The fraction of sp³-hybridized carbons (Fsp3) is 0.214. The summed E-state index contributed by atoms with van der Waals surface area (Å²) in [4.78, 5) is 20.4. The van der Waals surface area contributed by atoms with Gasteiger partial charge in [-0.05, 0) is 19.1 Å². The van der Waals surface area contributed by atoms with Crippen LogP contribution in [0.25, 0.3) is 11.1 Å². The van der Waals surface area contributed by atoms with Crippen LogP contribution in [0.2, 0.25) is 0 Å². The number of fused-ring (bicyclic) bond motifs is 1. The standard InChI is InChI=1S/C14H14N4O2/c1-2-15-13-8-16-10(7-17-13)9-18-11-5-3-4-6-12(11)20-14(18)19/h3-8H,2,9H2,1H3,(H,15,17). The summed E-state index contributed by atoms with van der Waals surface area (Å²) in [6.45, 7) is 3.13. The van der Waals surface area contributed by atoms with Gasteiger partial charge >= 0.3 is 5.76 Å². The van der Waals surface area contributed by atoms with Crippen molar-refractivity contribution in [3.8, 4) is 0 Å². The highest BCUT2D eigenvalue weighted by Gasteiger charge is 2.09. The molecular weight excluding hydrogens is 256 g/mol. The first kappa shape index (κ1) is 12.4. The van der Waals surface area contributed by atoms with E-state index in [-0.39, 0.29) is 5.76 Å². The Bertz CT molecular complexity index is 774. The lowest BCUT2D eigenvalue weighted by Gasteiger charge is -2.04. The van der Waals surface area contributed by atoms with Crippen molar-refractivity contribution in [2.75, 3.05) is 11.9 Å². The smallest absolute Gasteiger partial charge is 0.408 e. The van der Waals surface area contributed by atoms with Crippen molar-refractivity contribution < 1.29 is 4.42 Å². The minimum absolute atomic E-state index is 0.343. The Hall–Kier alpha value is -2.63. The normalized spacial score (nSPS) is 10.8. The number of para-hydroxylation sites is 2. The lowest BCUT2D eigenvalue weighted by atomic mass is 10.3. The fourth-order valence-electron chi connectivity index (χ4n) is 2.03. The molecule has 0 spiro atoms. The van der Waals surface area contributed by atoms with E-state index >= 15 is 0 Å². The second-order valence-corrected chi connectivity index (χ2v) is 4.35. The highest BCUT2D eigenvalue weighted by atomic mass is 16.4. The molecule has 0 radical (unpaired) electrons. The van der Waals surface area contributed by atoms with E-state index in [0.717, 1.165) is 17.9 Å². The predicted octanol–water partition coefficient (Wildman–Crippen LogP) is 1.86. The predicted molar refractivity (Wildman–Crippen MR) is 75.8 cm³/mol. The van der Waals surface area contributed by atoms with Crippen molar-refractivity contribution in [2.24, 2.45) is 0 Å². The van der Waals surface area contributed by atoms with Gasteiger partial charge in [0, 0.05) is 6.54 Å². The number of nitrogens with one attached hydrogen (secondary N) is 1. The fourth-order valence-corrected chi connectivity index (χ4v) is 2.03. The minimum Gasteiger partial charge on any atom is -0.408 e. The zero-order chi connectivity index (χ0) is 13.9. The first-order valence-electron chi connectivity index (χ1n) is 6.41. The summed E-state index contributed by atoms with van der Waals surface area (Å²) < 4.78 is 6.73. The summed E-state index contributed by atoms with van der Waals surface area (Å²) in [5.41, 5.74) is 2.05. The first-order chi connectivity index (χ1) is 9.78. The van der Waals surface area contributed by atoms with Gasteiger partial charge in [-0.1, -0.05) is 12.1 Å². The topological polar surface area (TPSA) is 73.0 Å². The number of rotatable bonds is 4. The summed E-state index contributed by atoms with van der Waals surface area (Å²) in [6, 6.07) is 7.32. The van der Waals surface area contributed by atoms with Crippen LogP contribution in [0.4, 0.5) is 5.82 Å². The van der Waals surface area contributed by atoms with Crippen LogP contribution in [0, 0.1) is 0 Å². The number of benzene rings is 1. The van der Waals surface area contributed by atoms with Crippen LogP contribution < -0.4 is 11.1 Å². The third-order valence-corrected chi connectivity index (χ3v) is 2.96. The van der Waals surface area contributed by atoms with Gasteiger partial charge in [0.15, 0.2) is 5.58 Å². The number of aromatic nitrogens is 3. The minimum atomic E-state index is -0.385. The first-order valence-corrected chi connectivity index (χ1v) is 6.41. The van der Waals surface area contributed by atoms with Gasteiger partial charge in [0.2, 0.25) is 0 Å². The Balaban J connectivity index is 1.93. The van der Waals surface area contributed by atoms with Gasteiger partial charge in [-0.3, -0.25) is 9.55 Å². The van der Waals surface area contributed by atoms with E-state index in [4.69, 9.17) is 4.42 Å². The number of nitrogens with zero attached hydrogens (tertiary/aromatic N) is 3. The largest absolute Gasteiger partial charge is 0.420 e. The summed E-state index contributed by atoms with van der Waals surface area (Å²) in [5, 5.41) is 3.07. The maximum Gasteiger partial charge on any atom is 0.420 e. The van der Waals surface area contributed by atoms with E-state index in [9.17, 15) is 4.79 Å². The van der Waals surface area contributed by atoms with E-state index in [1.807, 2.05) is 25.1 Å². The van der Waals surface area contributed by atoms with Crippen LogP contribution in [0.5, 0.6) is 0 Å². The molecule has 0 aliphatic carbocycles. The third-order valence-electron chi connectivity index (χ3n) is 2.96. The average molecular weight is 270 g/mol. The SMILES string of the molecule is CCNc1cnc(Cn2c(=O)oc3ccccc32)cn1. The van der Waals surface area contributed by atoms with E-state index in [2.05, 4.69) is 15.3 Å². The maximum atomic E-state index is 11.8. The van der Waals surface area contributed by atoms with Crippen molar-refractivity contribution in [1.29, 1.82) is 0 Å². The number of oxazole rings is 1. The molecule has 0 bridgehead atoms. The van der Waals surface area contributed by atoms with Gasteiger partial charge in [-0.2, -0.15) is 0 Å². The Morgan fingerprint density at radius 1 is 1.25 bits per heavy atom. The molecule has 2 heterocycles. The molecule has 0 atom stereocenters. The molecule has 3 aromatic rings. The van der Waals surface area contributed by atoms with Gasteiger partial charge in [-0.15, -0.1) is 0 Å². The van der Waals surface area contributed by atoms with Crippen LogP contribution in [0.3, 0.4) is 0 Å². The Morgan fingerprint density at radius 2 is 2.10 bits per heavy atom. The second kappa shape index (κ2) is 5.16. The molecule has 3 rings (SSSR count). The van der Waals surface area contributed by atoms with Crippen LogP contribution >= 0.6 is 0 Å². The van der Waals surface area contributed by atoms with E-state index < -0.39 is 0 Å². The molecule has 0 saturated heterocycles. The van der Waals surface area contributed by atoms with Crippen LogP contribution in [0.1, 0.15) is 12.6 Å². The molecule has 0 saturated carbocycles. The van der Waals surface area contributed by atoms with Crippen LogP contribution in [0.15, 0.2) is 45.9 Å². The van der Waals surface area contributed by atoms with Gasteiger partial charge in [0.1, 0.15) is 5.82 Å². The highest BCUT2D eigenvalue weighted by molar-refractivity contribution is 5.72. The molecule has 0 aliphatic heterocycles. The van der Waals surface area contributed by atoms with Crippen LogP contribution in [-0.2, 0) is 6.54 Å². The Labute approximate surface area is 115 Å². The number of hydrogen-bond acceptors (Lipinski definition) is 5. The van der Waals surface area contributed by atoms with Gasteiger partial charge < -0.3 is 9.73 Å². The average Bonchev–Trinajstić information content (AvgIpc) is 2.78. The third kappa shape index (κ3) is 2.27. The zero-order valence-corrected chi connectivity index (χ0v) is 11.0. The molecular formula is C14H14N4O2. The molecule has 1 N–H and O–H groups in total. The summed E-state index contributed by atoms with van der Waals surface area (Å²) in [5.74, 6) is 0.337. The van der Waals surface area contributed by atoms with Crippen molar-refractivity contribution in [3.05, 3.63) is 52.9 Å². The number of anilines is 1. The monoisotopic (exact) mass is 270 g/mol. The van der Waals surface area contributed by atoms with Crippen molar-refractivity contribution in [2.45, 2.75) is 13.5 Å². The van der Waals surface area contributed by atoms with Crippen molar-refractivity contribution in [3.63, 3.8) is 0 Å². The molecule has 0 unspecified atom stereocenters. The maximum absolute atomic E-state index is 11.8. The van der Waals surface area contributed by atoms with Crippen LogP contribution in [-0.4, -0.2) is 21.1 Å². The van der Waals surface area contributed by atoms with E-state index in [1.54, 1.807) is 23.0 Å².